The summed E-state index contributed by atoms with van der Waals surface area (Å²) in [6.07, 6.45) is -0.930. The molecule has 0 saturated heterocycles. The molecule has 0 spiro atoms. The van der Waals surface area contributed by atoms with Gasteiger partial charge in [0, 0.05) is 5.56 Å². The minimum absolute atomic E-state index is 0.0666. The van der Waals surface area contributed by atoms with Gasteiger partial charge in [0.25, 0.3) is 0 Å². The zero-order valence-electron chi connectivity index (χ0n) is 9.15. The predicted molar refractivity (Wildman–Crippen MR) is 73.8 cm³/mol. The summed E-state index contributed by atoms with van der Waals surface area (Å²) >= 11 is 8.15. The number of rotatable bonds is 3. The number of hydrogen-bond acceptors (Lipinski definition) is 5. The summed E-state index contributed by atoms with van der Waals surface area (Å²) in [7, 11) is 1.27. The molecule has 2 aromatic rings. The lowest BCUT2D eigenvalue weighted by atomic mass is 10.1. The maximum Gasteiger partial charge on any atom is 0.373 e. The van der Waals surface area contributed by atoms with Crippen LogP contribution in [0.15, 0.2) is 30.2 Å². The average Bonchev–Trinajstić information content (AvgIpc) is 2.94. The van der Waals surface area contributed by atoms with E-state index in [4.69, 9.17) is 4.42 Å². The number of aliphatic hydroxyl groups excluding tert-OH is 1. The molecular formula is C11H8Br2O4S. The zero-order chi connectivity index (χ0) is 13.3. The normalized spacial score (nSPS) is 12.4. The Balaban J connectivity index is 2.29. The highest BCUT2D eigenvalue weighted by atomic mass is 79.9. The van der Waals surface area contributed by atoms with E-state index in [2.05, 4.69) is 36.6 Å². The maximum absolute atomic E-state index is 11.2. The van der Waals surface area contributed by atoms with Gasteiger partial charge in [-0.05, 0) is 50.1 Å². The second kappa shape index (κ2) is 5.56. The lowest BCUT2D eigenvalue weighted by molar-refractivity contribution is 0.0558. The number of ether oxygens (including phenoxy) is 1. The monoisotopic (exact) mass is 394 g/mol. The van der Waals surface area contributed by atoms with Gasteiger partial charge in [0.2, 0.25) is 5.76 Å². The van der Waals surface area contributed by atoms with E-state index in [-0.39, 0.29) is 5.76 Å². The van der Waals surface area contributed by atoms with Gasteiger partial charge in [-0.15, -0.1) is 11.3 Å². The van der Waals surface area contributed by atoms with Crippen LogP contribution in [0.3, 0.4) is 0 Å². The molecule has 0 aliphatic heterocycles. The predicted octanol–water partition coefficient (Wildman–Crippen LogP) is 3.73. The molecule has 7 heteroatoms. The summed E-state index contributed by atoms with van der Waals surface area (Å²) in [5, 5.41) is 10.2. The molecule has 2 heterocycles. The van der Waals surface area contributed by atoms with Crippen molar-refractivity contribution in [2.75, 3.05) is 7.11 Å². The molecule has 96 valence electrons. The number of furan rings is 1. The van der Waals surface area contributed by atoms with Crippen molar-refractivity contribution in [2.24, 2.45) is 0 Å². The molecule has 18 heavy (non-hydrogen) atoms. The van der Waals surface area contributed by atoms with Crippen molar-refractivity contribution in [3.8, 4) is 0 Å². The number of carbonyl (C=O) groups excluding carboxylic acids is 1. The standard InChI is InChI=1S/C11H8Br2O4S/c1-16-11(15)7-3-2-6(17-7)9(14)5-4-8(12)18-10(5)13/h2-4,9,14H,1H3. The van der Waals surface area contributed by atoms with E-state index in [1.54, 1.807) is 12.1 Å². The smallest absolute Gasteiger partial charge is 0.373 e. The number of halogens is 2. The van der Waals surface area contributed by atoms with E-state index in [0.717, 1.165) is 7.57 Å². The molecule has 4 nitrogen and oxygen atoms in total. The highest BCUT2D eigenvalue weighted by molar-refractivity contribution is 9.12. The minimum Gasteiger partial charge on any atom is -0.463 e. The fourth-order valence-electron chi connectivity index (χ4n) is 1.40. The second-order valence-corrected chi connectivity index (χ2v) is 7.13. The lowest BCUT2D eigenvalue weighted by Crippen LogP contribution is -2.00. The lowest BCUT2D eigenvalue weighted by Gasteiger charge is -2.06. The van der Waals surface area contributed by atoms with Crippen LogP contribution in [0, 0.1) is 0 Å². The average molecular weight is 396 g/mol. The molecule has 0 fully saturated rings. The number of methoxy groups -OCH3 is 1. The number of aliphatic hydroxyl groups is 1. The molecule has 1 unspecified atom stereocenters. The first-order valence-corrected chi connectivity index (χ1v) is 7.24. The van der Waals surface area contributed by atoms with Gasteiger partial charge < -0.3 is 14.3 Å². The van der Waals surface area contributed by atoms with E-state index < -0.39 is 12.1 Å². The van der Waals surface area contributed by atoms with Crippen LogP contribution in [-0.4, -0.2) is 18.2 Å². The summed E-state index contributed by atoms with van der Waals surface area (Å²) in [5.41, 5.74) is 0.678. The fraction of sp³-hybridized carbons (Fsp3) is 0.182. The molecule has 0 aliphatic carbocycles. The third kappa shape index (κ3) is 2.69. The minimum atomic E-state index is -0.930. The summed E-state index contributed by atoms with van der Waals surface area (Å²) in [5.74, 6) is -0.211. The number of thiophene rings is 1. The molecule has 1 N–H and O–H groups in total. The van der Waals surface area contributed by atoms with Crippen molar-refractivity contribution >= 4 is 49.2 Å². The first-order valence-electron chi connectivity index (χ1n) is 4.83. The summed E-state index contributed by atoms with van der Waals surface area (Å²) < 4.78 is 11.5. The number of carbonyl (C=O) groups is 1. The molecule has 0 aliphatic rings. The van der Waals surface area contributed by atoms with Crippen LogP contribution in [0.2, 0.25) is 0 Å². The molecule has 0 bridgehead atoms. The maximum atomic E-state index is 11.2. The van der Waals surface area contributed by atoms with E-state index in [1.165, 1.54) is 24.5 Å². The van der Waals surface area contributed by atoms with Crippen molar-refractivity contribution in [1.29, 1.82) is 0 Å². The van der Waals surface area contributed by atoms with E-state index in [0.29, 0.717) is 11.3 Å². The molecule has 1 atom stereocenters. The SMILES string of the molecule is COC(=O)c1ccc(C(O)c2cc(Br)sc2Br)o1. The largest absolute Gasteiger partial charge is 0.463 e. The van der Waals surface area contributed by atoms with E-state index in [9.17, 15) is 9.90 Å². The van der Waals surface area contributed by atoms with Crippen LogP contribution in [0.5, 0.6) is 0 Å². The Hall–Kier alpha value is -0.630. The molecule has 0 radical (unpaired) electrons. The van der Waals surface area contributed by atoms with Crippen molar-refractivity contribution in [3.63, 3.8) is 0 Å². The quantitative estimate of drug-likeness (QED) is 0.804. The van der Waals surface area contributed by atoms with Gasteiger partial charge in [0.05, 0.1) is 14.7 Å². The van der Waals surface area contributed by atoms with Crippen LogP contribution in [0.4, 0.5) is 0 Å². The Bertz CT molecular complexity index is 575. The third-order valence-corrected chi connectivity index (χ3v) is 4.65. The molecule has 0 aromatic carbocycles. The number of hydrogen-bond donors (Lipinski definition) is 1. The summed E-state index contributed by atoms with van der Waals surface area (Å²) in [6, 6.07) is 4.81. The molecule has 0 amide bonds. The van der Waals surface area contributed by atoms with Crippen molar-refractivity contribution in [3.05, 3.63) is 42.9 Å². The molecule has 2 aromatic heterocycles. The molecule has 0 saturated carbocycles. The van der Waals surface area contributed by atoms with Gasteiger partial charge in [0.15, 0.2) is 0 Å². The van der Waals surface area contributed by atoms with E-state index in [1.807, 2.05) is 0 Å². The Morgan fingerprint density at radius 1 is 1.50 bits per heavy atom. The van der Waals surface area contributed by atoms with Crippen LogP contribution < -0.4 is 0 Å². The van der Waals surface area contributed by atoms with Crippen LogP contribution >= 0.6 is 43.2 Å². The third-order valence-electron chi connectivity index (χ3n) is 2.26. The first kappa shape index (κ1) is 13.8. The summed E-state index contributed by atoms with van der Waals surface area (Å²) in [4.78, 5) is 11.2. The summed E-state index contributed by atoms with van der Waals surface area (Å²) in [6.45, 7) is 0. The van der Waals surface area contributed by atoms with Crippen molar-refractivity contribution < 1.29 is 19.1 Å². The molecule has 2 rings (SSSR count). The van der Waals surface area contributed by atoms with Gasteiger partial charge in [0.1, 0.15) is 11.9 Å². The van der Waals surface area contributed by atoms with Crippen molar-refractivity contribution in [2.45, 2.75) is 6.10 Å². The number of esters is 1. The van der Waals surface area contributed by atoms with Gasteiger partial charge in [-0.3, -0.25) is 0 Å². The van der Waals surface area contributed by atoms with Crippen LogP contribution in [0.25, 0.3) is 0 Å². The first-order chi connectivity index (χ1) is 8.52. The highest BCUT2D eigenvalue weighted by Crippen LogP contribution is 2.38. The van der Waals surface area contributed by atoms with Crippen LogP contribution in [0.1, 0.15) is 28.0 Å². The van der Waals surface area contributed by atoms with E-state index >= 15 is 0 Å². The van der Waals surface area contributed by atoms with Crippen molar-refractivity contribution in [1.82, 2.24) is 0 Å². The van der Waals surface area contributed by atoms with Crippen LogP contribution in [-0.2, 0) is 4.74 Å². The highest BCUT2D eigenvalue weighted by Gasteiger charge is 2.21. The fourth-order valence-corrected chi connectivity index (χ4v) is 4.29. The Kier molecular flexibility index (Phi) is 4.26. The Morgan fingerprint density at radius 3 is 2.78 bits per heavy atom. The topological polar surface area (TPSA) is 59.7 Å². The Morgan fingerprint density at radius 2 is 2.22 bits per heavy atom. The van der Waals surface area contributed by atoms with Gasteiger partial charge in [-0.2, -0.15) is 0 Å². The Labute approximate surface area is 124 Å². The van der Waals surface area contributed by atoms with Gasteiger partial charge >= 0.3 is 5.97 Å². The second-order valence-electron chi connectivity index (χ2n) is 3.38. The molecular weight excluding hydrogens is 388 g/mol. The van der Waals surface area contributed by atoms with Gasteiger partial charge in [-0.25, -0.2) is 4.79 Å². The van der Waals surface area contributed by atoms with Gasteiger partial charge in [-0.1, -0.05) is 0 Å². The zero-order valence-corrected chi connectivity index (χ0v) is 13.1.